The second kappa shape index (κ2) is 9.38. The molecule has 0 bridgehead atoms. The van der Waals surface area contributed by atoms with Crippen LogP contribution in [-0.4, -0.2) is 21.2 Å². The van der Waals surface area contributed by atoms with Gasteiger partial charge in [-0.15, -0.1) is 0 Å². The standard InChI is InChI=1S/C21H18N2O4Si/c1-16-10-8-9-15-19(16)26-20(24)22-23-21(25)27-28(17-11-4-2-5-12-17)18-13-6-3-7-14-18/h2-15,28H,1H3. The van der Waals surface area contributed by atoms with E-state index in [2.05, 4.69) is 10.2 Å². The number of hydrogen-bond donors (Lipinski definition) is 0. The average molecular weight is 390 g/mol. The fraction of sp³-hybridized carbons (Fsp3) is 0.0476. The Morgan fingerprint density at radius 2 is 1.21 bits per heavy atom. The summed E-state index contributed by atoms with van der Waals surface area (Å²) in [5.74, 6) is 0.362. The van der Waals surface area contributed by atoms with Gasteiger partial charge < -0.3 is 9.16 Å². The van der Waals surface area contributed by atoms with Crippen molar-refractivity contribution in [3.05, 3.63) is 90.5 Å². The second-order valence-corrected chi connectivity index (χ2v) is 8.25. The molecule has 0 aliphatic carbocycles. The lowest BCUT2D eigenvalue weighted by molar-refractivity contribution is 0.201. The number of ether oxygens (including phenoxy) is 1. The average Bonchev–Trinajstić information content (AvgIpc) is 2.73. The first-order valence-electron chi connectivity index (χ1n) is 8.63. The van der Waals surface area contributed by atoms with Gasteiger partial charge in [0.25, 0.3) is 0 Å². The molecule has 0 aliphatic heterocycles. The molecule has 0 aliphatic rings. The Bertz CT molecular complexity index is 938. The van der Waals surface area contributed by atoms with Crippen LogP contribution in [0.25, 0.3) is 0 Å². The third-order valence-electron chi connectivity index (χ3n) is 3.93. The molecular formula is C21H18N2O4Si. The maximum atomic E-state index is 12.2. The molecule has 0 radical (unpaired) electrons. The van der Waals surface area contributed by atoms with E-state index in [1.165, 1.54) is 0 Å². The van der Waals surface area contributed by atoms with Crippen LogP contribution in [0.2, 0.25) is 0 Å². The van der Waals surface area contributed by atoms with Crippen molar-refractivity contribution in [2.75, 3.05) is 0 Å². The third kappa shape index (κ3) is 5.21. The minimum absolute atomic E-state index is 0.362. The summed E-state index contributed by atoms with van der Waals surface area (Å²) >= 11 is 0. The van der Waals surface area contributed by atoms with E-state index in [4.69, 9.17) is 9.16 Å². The predicted molar refractivity (Wildman–Crippen MR) is 108 cm³/mol. The van der Waals surface area contributed by atoms with Crippen LogP contribution >= 0.6 is 0 Å². The first-order valence-corrected chi connectivity index (χ1v) is 10.3. The van der Waals surface area contributed by atoms with Crippen LogP contribution in [0.4, 0.5) is 9.59 Å². The first kappa shape index (κ1) is 19.2. The Kier molecular flexibility index (Phi) is 6.43. The molecule has 140 valence electrons. The lowest BCUT2D eigenvalue weighted by Gasteiger charge is -2.15. The molecule has 28 heavy (non-hydrogen) atoms. The van der Waals surface area contributed by atoms with E-state index >= 15 is 0 Å². The molecule has 0 saturated carbocycles. The highest BCUT2D eigenvalue weighted by Gasteiger charge is 2.22. The van der Waals surface area contributed by atoms with E-state index in [-0.39, 0.29) is 0 Å². The number of para-hydroxylation sites is 1. The summed E-state index contributed by atoms with van der Waals surface area (Å²) in [6.07, 6.45) is -1.91. The van der Waals surface area contributed by atoms with Gasteiger partial charge in [-0.25, -0.2) is 9.59 Å². The molecule has 0 N–H and O–H groups in total. The zero-order valence-corrected chi connectivity index (χ0v) is 16.3. The van der Waals surface area contributed by atoms with Crippen LogP contribution in [0.3, 0.4) is 0 Å². The van der Waals surface area contributed by atoms with E-state index in [0.29, 0.717) is 5.75 Å². The lowest BCUT2D eigenvalue weighted by atomic mass is 10.2. The van der Waals surface area contributed by atoms with Gasteiger partial charge in [0.15, 0.2) is 0 Å². The van der Waals surface area contributed by atoms with Gasteiger partial charge in [0.1, 0.15) is 5.75 Å². The Morgan fingerprint density at radius 1 is 0.714 bits per heavy atom. The molecule has 3 rings (SSSR count). The van der Waals surface area contributed by atoms with E-state index in [9.17, 15) is 9.59 Å². The predicted octanol–water partition coefficient (Wildman–Crippen LogP) is 3.62. The topological polar surface area (TPSA) is 77.3 Å². The molecule has 0 spiro atoms. The second-order valence-electron chi connectivity index (χ2n) is 5.92. The maximum absolute atomic E-state index is 12.2. The van der Waals surface area contributed by atoms with Crippen LogP contribution in [0.15, 0.2) is 95.2 Å². The van der Waals surface area contributed by atoms with Gasteiger partial charge in [0, 0.05) is 0 Å². The number of carbonyl (C=O) groups excluding carboxylic acids is 2. The highest BCUT2D eigenvalue weighted by Crippen LogP contribution is 2.16. The van der Waals surface area contributed by atoms with Crippen molar-refractivity contribution in [3.8, 4) is 5.75 Å². The summed E-state index contributed by atoms with van der Waals surface area (Å²) in [5, 5.41) is 8.51. The quantitative estimate of drug-likeness (QED) is 0.504. The molecule has 3 aromatic carbocycles. The van der Waals surface area contributed by atoms with Gasteiger partial charge in [-0.3, -0.25) is 0 Å². The molecule has 0 fully saturated rings. The van der Waals surface area contributed by atoms with Crippen molar-refractivity contribution >= 4 is 31.6 Å². The van der Waals surface area contributed by atoms with Gasteiger partial charge >= 0.3 is 21.2 Å². The number of nitrogens with zero attached hydrogens (tertiary/aromatic N) is 2. The van der Waals surface area contributed by atoms with Crippen LogP contribution in [0.1, 0.15) is 5.56 Å². The number of rotatable bonds is 4. The first-order chi connectivity index (χ1) is 13.6. The van der Waals surface area contributed by atoms with Gasteiger partial charge in [0.05, 0.1) is 0 Å². The zero-order valence-electron chi connectivity index (χ0n) is 15.2. The summed E-state index contributed by atoms with van der Waals surface area (Å²) < 4.78 is 10.7. The summed E-state index contributed by atoms with van der Waals surface area (Å²) in [7, 11) is -2.30. The minimum atomic E-state index is -2.30. The molecular weight excluding hydrogens is 372 g/mol. The number of aryl methyl sites for hydroxylation is 1. The largest absolute Gasteiger partial charge is 0.495 e. The summed E-state index contributed by atoms with van der Waals surface area (Å²) in [6, 6.07) is 25.9. The van der Waals surface area contributed by atoms with Gasteiger partial charge in [-0.2, -0.15) is 0 Å². The Balaban J connectivity index is 1.69. The molecule has 2 amide bonds. The fourth-order valence-corrected chi connectivity index (χ4v) is 4.63. The highest BCUT2D eigenvalue weighted by molar-refractivity contribution is 6.81. The Morgan fingerprint density at radius 3 is 1.79 bits per heavy atom. The molecule has 0 unspecified atom stereocenters. The van der Waals surface area contributed by atoms with Crippen molar-refractivity contribution < 1.29 is 18.8 Å². The zero-order chi connectivity index (χ0) is 19.8. The molecule has 0 heterocycles. The van der Waals surface area contributed by atoms with Crippen molar-refractivity contribution in [1.82, 2.24) is 0 Å². The third-order valence-corrected chi connectivity index (χ3v) is 6.35. The van der Waals surface area contributed by atoms with Gasteiger partial charge in [-0.05, 0) is 28.9 Å². The van der Waals surface area contributed by atoms with Crippen molar-refractivity contribution in [3.63, 3.8) is 0 Å². The normalized spacial score (nSPS) is 10.8. The molecule has 6 nitrogen and oxygen atoms in total. The van der Waals surface area contributed by atoms with Crippen molar-refractivity contribution in [1.29, 1.82) is 0 Å². The highest BCUT2D eigenvalue weighted by atomic mass is 28.3. The monoisotopic (exact) mass is 390 g/mol. The Labute approximate surface area is 164 Å². The van der Waals surface area contributed by atoms with Crippen LogP contribution in [0.5, 0.6) is 5.75 Å². The van der Waals surface area contributed by atoms with Crippen molar-refractivity contribution in [2.24, 2.45) is 10.2 Å². The summed E-state index contributed by atoms with van der Waals surface area (Å²) in [5.41, 5.74) is 0.772. The van der Waals surface area contributed by atoms with E-state index in [1.807, 2.05) is 66.7 Å². The van der Waals surface area contributed by atoms with E-state index in [1.54, 1.807) is 25.1 Å². The minimum Gasteiger partial charge on any atom is -0.495 e. The van der Waals surface area contributed by atoms with Gasteiger partial charge in [0.2, 0.25) is 0 Å². The fourth-order valence-electron chi connectivity index (χ4n) is 2.58. The smallest absolute Gasteiger partial charge is 0.458 e. The molecule has 3 aromatic rings. The number of amides is 2. The van der Waals surface area contributed by atoms with E-state index < -0.39 is 21.2 Å². The molecule has 0 aromatic heterocycles. The van der Waals surface area contributed by atoms with Crippen LogP contribution in [0, 0.1) is 6.92 Å². The SMILES string of the molecule is Cc1ccccc1OC(=O)N=NC(=O)O[SiH](c1ccccc1)c1ccccc1. The maximum Gasteiger partial charge on any atom is 0.458 e. The summed E-state index contributed by atoms with van der Waals surface area (Å²) in [4.78, 5) is 24.0. The molecule has 7 heteroatoms. The van der Waals surface area contributed by atoms with Gasteiger partial charge in [-0.1, -0.05) is 89.1 Å². The number of hydrogen-bond acceptors (Lipinski definition) is 4. The van der Waals surface area contributed by atoms with Crippen LogP contribution < -0.4 is 15.1 Å². The van der Waals surface area contributed by atoms with Crippen molar-refractivity contribution in [2.45, 2.75) is 6.92 Å². The Hall–Kier alpha value is -3.58. The molecule has 0 atom stereocenters. The number of benzene rings is 3. The summed E-state index contributed by atoms with van der Waals surface area (Å²) in [6.45, 7) is 1.80. The van der Waals surface area contributed by atoms with E-state index in [0.717, 1.165) is 15.9 Å². The molecule has 0 saturated heterocycles. The number of azo groups is 1. The number of carbonyl (C=O) groups is 2. The lowest BCUT2D eigenvalue weighted by Crippen LogP contribution is -2.45. The van der Waals surface area contributed by atoms with Crippen LogP contribution in [-0.2, 0) is 4.43 Å².